The largest absolute Gasteiger partial charge is 0.366 e. The molecule has 0 aliphatic heterocycles. The fourth-order valence-electron chi connectivity index (χ4n) is 2.94. The second kappa shape index (κ2) is 7.08. The molecule has 8 nitrogen and oxygen atoms in total. The zero-order valence-corrected chi connectivity index (χ0v) is 14.8. The van der Waals surface area contributed by atoms with Gasteiger partial charge in [-0.05, 0) is 25.0 Å². The van der Waals surface area contributed by atoms with Crippen LogP contribution in [0.3, 0.4) is 0 Å². The number of carbonyl (C=O) groups excluding carboxylic acids is 1. The van der Waals surface area contributed by atoms with Gasteiger partial charge < -0.3 is 11.1 Å². The van der Waals surface area contributed by atoms with E-state index in [4.69, 9.17) is 11.0 Å². The van der Waals surface area contributed by atoms with Crippen molar-refractivity contribution < 1.29 is 9.18 Å². The van der Waals surface area contributed by atoms with E-state index >= 15 is 0 Å². The van der Waals surface area contributed by atoms with Crippen LogP contribution in [0.15, 0.2) is 36.8 Å². The van der Waals surface area contributed by atoms with E-state index in [1.807, 2.05) is 16.9 Å². The van der Waals surface area contributed by atoms with E-state index in [0.29, 0.717) is 23.2 Å². The van der Waals surface area contributed by atoms with Crippen LogP contribution in [0.25, 0.3) is 11.3 Å². The SMILES string of the molecule is N#CCc1c(-c2ccnc(Nc3cnn(C4CC4)c3)n2)ccc(C(N)=O)c1F. The molecule has 28 heavy (non-hydrogen) atoms. The third-order valence-electron chi connectivity index (χ3n) is 4.47. The number of nitrogens with zero attached hydrogens (tertiary/aromatic N) is 5. The maximum absolute atomic E-state index is 14.7. The van der Waals surface area contributed by atoms with E-state index in [1.54, 1.807) is 12.3 Å². The highest BCUT2D eigenvalue weighted by Crippen LogP contribution is 2.35. The van der Waals surface area contributed by atoms with Crippen molar-refractivity contribution >= 4 is 17.5 Å². The number of amides is 1. The van der Waals surface area contributed by atoms with Crippen molar-refractivity contribution in [2.45, 2.75) is 25.3 Å². The highest BCUT2D eigenvalue weighted by atomic mass is 19.1. The Labute approximate surface area is 159 Å². The Morgan fingerprint density at radius 3 is 2.93 bits per heavy atom. The highest BCUT2D eigenvalue weighted by molar-refractivity contribution is 5.94. The Morgan fingerprint density at radius 2 is 2.21 bits per heavy atom. The summed E-state index contributed by atoms with van der Waals surface area (Å²) in [6.07, 6.45) is 7.14. The van der Waals surface area contributed by atoms with Crippen molar-refractivity contribution in [3.63, 3.8) is 0 Å². The van der Waals surface area contributed by atoms with Crippen molar-refractivity contribution in [2.75, 3.05) is 5.32 Å². The zero-order valence-electron chi connectivity index (χ0n) is 14.8. The Hall–Kier alpha value is -3.80. The maximum atomic E-state index is 14.7. The van der Waals surface area contributed by atoms with Gasteiger partial charge in [0.1, 0.15) is 5.82 Å². The van der Waals surface area contributed by atoms with E-state index in [9.17, 15) is 9.18 Å². The first-order chi connectivity index (χ1) is 13.6. The molecule has 0 saturated heterocycles. The van der Waals surface area contributed by atoms with Crippen LogP contribution in [-0.2, 0) is 6.42 Å². The van der Waals surface area contributed by atoms with Crippen molar-refractivity contribution in [3.8, 4) is 17.3 Å². The van der Waals surface area contributed by atoms with Gasteiger partial charge in [0.05, 0.1) is 41.7 Å². The van der Waals surface area contributed by atoms with Crippen LogP contribution in [0.1, 0.15) is 34.8 Å². The second-order valence-electron chi connectivity index (χ2n) is 6.48. The van der Waals surface area contributed by atoms with Crippen molar-refractivity contribution in [2.24, 2.45) is 5.73 Å². The van der Waals surface area contributed by atoms with Crippen molar-refractivity contribution in [1.82, 2.24) is 19.7 Å². The van der Waals surface area contributed by atoms with Gasteiger partial charge in [0, 0.05) is 23.5 Å². The molecule has 4 rings (SSSR count). The molecule has 1 amide bonds. The number of nitrogens with two attached hydrogens (primary N) is 1. The number of aromatic nitrogens is 4. The van der Waals surface area contributed by atoms with E-state index in [0.717, 1.165) is 18.5 Å². The molecule has 0 atom stereocenters. The van der Waals surface area contributed by atoms with Gasteiger partial charge in [0.2, 0.25) is 5.95 Å². The first kappa shape index (κ1) is 17.6. The fraction of sp³-hybridized carbons (Fsp3) is 0.211. The molecule has 1 fully saturated rings. The number of nitrogens with one attached hydrogen (secondary N) is 1. The molecule has 2 heterocycles. The zero-order chi connectivity index (χ0) is 19.7. The number of nitriles is 1. The summed E-state index contributed by atoms with van der Waals surface area (Å²) in [6, 6.07) is 6.81. The number of halogens is 1. The highest BCUT2D eigenvalue weighted by Gasteiger charge is 2.24. The van der Waals surface area contributed by atoms with Crippen LogP contribution in [-0.4, -0.2) is 25.7 Å². The van der Waals surface area contributed by atoms with Crippen LogP contribution >= 0.6 is 0 Å². The third-order valence-corrected chi connectivity index (χ3v) is 4.47. The number of benzene rings is 1. The lowest BCUT2D eigenvalue weighted by atomic mass is 9.98. The molecule has 1 aliphatic rings. The number of primary amides is 1. The molecule has 1 aliphatic carbocycles. The number of hydrogen-bond acceptors (Lipinski definition) is 6. The number of anilines is 2. The summed E-state index contributed by atoms with van der Waals surface area (Å²) in [6.45, 7) is 0. The molecule has 0 spiro atoms. The maximum Gasteiger partial charge on any atom is 0.251 e. The first-order valence-electron chi connectivity index (χ1n) is 8.69. The minimum Gasteiger partial charge on any atom is -0.366 e. The van der Waals surface area contributed by atoms with E-state index in [1.165, 1.54) is 18.3 Å². The van der Waals surface area contributed by atoms with Gasteiger partial charge in [-0.15, -0.1) is 0 Å². The molecule has 9 heteroatoms. The van der Waals surface area contributed by atoms with Gasteiger partial charge in [0.15, 0.2) is 0 Å². The summed E-state index contributed by atoms with van der Waals surface area (Å²) in [7, 11) is 0. The summed E-state index contributed by atoms with van der Waals surface area (Å²) < 4.78 is 16.6. The Morgan fingerprint density at radius 1 is 1.39 bits per heavy atom. The standard InChI is InChI=1S/C19H16FN7O/c20-17-14(5-7-21)13(3-4-15(17)18(22)28)16-6-8-23-19(26-16)25-11-9-24-27(10-11)12-1-2-12/h3-4,6,8-10,12H,1-2,5H2,(H2,22,28)(H,23,25,26). The smallest absolute Gasteiger partial charge is 0.251 e. The van der Waals surface area contributed by atoms with Crippen LogP contribution in [0.5, 0.6) is 0 Å². The fourth-order valence-corrected chi connectivity index (χ4v) is 2.94. The second-order valence-corrected chi connectivity index (χ2v) is 6.48. The number of rotatable bonds is 6. The average molecular weight is 377 g/mol. The first-order valence-corrected chi connectivity index (χ1v) is 8.69. The van der Waals surface area contributed by atoms with E-state index in [2.05, 4.69) is 20.4 Å². The average Bonchev–Trinajstić information content (AvgIpc) is 3.43. The number of hydrogen-bond donors (Lipinski definition) is 2. The van der Waals surface area contributed by atoms with Crippen molar-refractivity contribution in [3.05, 3.63) is 53.7 Å². The summed E-state index contributed by atoms with van der Waals surface area (Å²) >= 11 is 0. The lowest BCUT2D eigenvalue weighted by Gasteiger charge is -2.11. The number of carbonyl (C=O) groups is 1. The van der Waals surface area contributed by atoms with Crippen molar-refractivity contribution in [1.29, 1.82) is 5.26 Å². The predicted octanol–water partition coefficient (Wildman–Crippen LogP) is 2.72. The van der Waals surface area contributed by atoms with Gasteiger partial charge in [-0.25, -0.2) is 14.4 Å². The summed E-state index contributed by atoms with van der Waals surface area (Å²) in [5.74, 6) is -1.37. The Balaban J connectivity index is 1.67. The molecular formula is C19H16FN7O. The monoisotopic (exact) mass is 377 g/mol. The molecule has 3 N–H and O–H groups in total. The summed E-state index contributed by atoms with van der Waals surface area (Å²) in [5, 5.41) is 16.4. The van der Waals surface area contributed by atoms with Crippen LogP contribution in [0, 0.1) is 17.1 Å². The minimum atomic E-state index is -0.888. The van der Waals surface area contributed by atoms with E-state index in [-0.39, 0.29) is 17.5 Å². The molecular weight excluding hydrogens is 361 g/mol. The summed E-state index contributed by atoms with van der Waals surface area (Å²) in [4.78, 5) is 20.0. The normalized spacial score (nSPS) is 13.1. The molecule has 2 aromatic heterocycles. The van der Waals surface area contributed by atoms with Gasteiger partial charge >= 0.3 is 0 Å². The summed E-state index contributed by atoms with van der Waals surface area (Å²) in [5.41, 5.74) is 6.60. The molecule has 1 saturated carbocycles. The van der Waals surface area contributed by atoms with Gasteiger partial charge in [0.25, 0.3) is 5.91 Å². The molecule has 0 radical (unpaired) electrons. The van der Waals surface area contributed by atoms with Gasteiger partial charge in [-0.3, -0.25) is 9.48 Å². The molecule has 0 bridgehead atoms. The quantitative estimate of drug-likeness (QED) is 0.681. The molecule has 3 aromatic rings. The third kappa shape index (κ3) is 3.40. The van der Waals surface area contributed by atoms with Crippen LogP contribution < -0.4 is 11.1 Å². The Kier molecular flexibility index (Phi) is 4.45. The molecule has 0 unspecified atom stereocenters. The minimum absolute atomic E-state index is 0.0741. The molecule has 140 valence electrons. The van der Waals surface area contributed by atoms with E-state index < -0.39 is 11.7 Å². The van der Waals surface area contributed by atoms with Gasteiger partial charge in [-0.2, -0.15) is 10.4 Å². The van der Waals surface area contributed by atoms with Crippen LogP contribution in [0.4, 0.5) is 16.0 Å². The topological polar surface area (TPSA) is 123 Å². The molecule has 1 aromatic carbocycles. The lowest BCUT2D eigenvalue weighted by Crippen LogP contribution is -2.15. The lowest BCUT2D eigenvalue weighted by molar-refractivity contribution is 0.0996. The van der Waals surface area contributed by atoms with Gasteiger partial charge in [-0.1, -0.05) is 6.07 Å². The Bertz CT molecular complexity index is 1100. The predicted molar refractivity (Wildman–Crippen MR) is 99.0 cm³/mol. The van der Waals surface area contributed by atoms with Crippen LogP contribution in [0.2, 0.25) is 0 Å².